The third kappa shape index (κ3) is 25.8. The molecule has 0 radical (unpaired) electrons. The quantitative estimate of drug-likeness (QED) is 0.0976. The molecule has 0 heterocycles. The van der Waals surface area contributed by atoms with Crippen molar-refractivity contribution in [2.24, 2.45) is 34.0 Å². The predicted molar refractivity (Wildman–Crippen MR) is 372 cm³/mol. The molecule has 0 bridgehead atoms. The molecule has 0 amide bonds. The molecular weight excluding hydrogens is 1330 g/mol. The van der Waals surface area contributed by atoms with Gasteiger partial charge in [-0.05, 0) is 140 Å². The van der Waals surface area contributed by atoms with Gasteiger partial charge in [0, 0.05) is 27.4 Å². The summed E-state index contributed by atoms with van der Waals surface area (Å²) in [6.45, 7) is 49.3. The van der Waals surface area contributed by atoms with Gasteiger partial charge in [-0.1, -0.05) is 114 Å². The van der Waals surface area contributed by atoms with Gasteiger partial charge in [0.1, 0.15) is 29.5 Å². The second-order valence-corrected chi connectivity index (χ2v) is 54.9. The van der Waals surface area contributed by atoms with Crippen molar-refractivity contribution in [1.29, 1.82) is 0 Å². The Bertz CT molecular complexity index is 2420. The Hall–Kier alpha value is -0.773. The summed E-state index contributed by atoms with van der Waals surface area (Å²) in [4.78, 5) is 0. The molecule has 5 unspecified atom stereocenters. The summed E-state index contributed by atoms with van der Waals surface area (Å²) in [5.74, 6) is 4.30. The fourth-order valence-corrected chi connectivity index (χ4v) is 24.3. The first-order valence-electron chi connectivity index (χ1n) is 31.4. The van der Waals surface area contributed by atoms with Gasteiger partial charge >= 0.3 is 120 Å². The molecule has 0 spiro atoms. The SMILES string of the molecule is CC(C)(C)[Si](C)(C)Pc1ccc[c]([BiH2])c1.CCOP(=O)(COc1cccc(O[C@@H]2CCC(C(C)(C)C)C[C@H]2OC)c1)OCC.CO[C@@H]1CC(C(C)(C)C)CC[C@H]1O.CO[C@@H]1CC(C(C)(C)C)CC[C@H]1Oc1cccc(P[Si](C)(C)C(C)(C)C)c1. The van der Waals surface area contributed by atoms with Gasteiger partial charge in [0.2, 0.25) is 0 Å². The minimum Gasteiger partial charge on any atom is -0.488 e. The van der Waals surface area contributed by atoms with Crippen LogP contribution in [0.15, 0.2) is 72.8 Å². The Labute approximate surface area is 534 Å². The number of aliphatic hydroxyl groups excluding tert-OH is 1. The third-order valence-electron chi connectivity index (χ3n) is 18.6. The van der Waals surface area contributed by atoms with Crippen molar-refractivity contribution in [1.82, 2.24) is 0 Å². The van der Waals surface area contributed by atoms with E-state index in [0.717, 1.165) is 98.1 Å². The second kappa shape index (κ2) is 34.0. The van der Waals surface area contributed by atoms with Crippen LogP contribution in [0, 0.1) is 34.0 Å². The first-order chi connectivity index (χ1) is 38.7. The molecule has 11 atom stereocenters. The maximum Gasteiger partial charge on any atom is 0.367 e. The Kier molecular flexibility index (Phi) is 31.4. The van der Waals surface area contributed by atoms with Gasteiger partial charge in [-0.2, -0.15) is 0 Å². The normalized spacial score (nSPS) is 24.1. The summed E-state index contributed by atoms with van der Waals surface area (Å²) in [6, 6.07) is 25.4. The molecule has 1 N–H and O–H groups in total. The molecule has 10 nitrogen and oxygen atoms in total. The minimum absolute atomic E-state index is 0.00630. The molecule has 3 saturated carbocycles. The largest absolute Gasteiger partial charge is 0.488 e. The molecule has 0 aliphatic heterocycles. The van der Waals surface area contributed by atoms with E-state index in [9.17, 15) is 9.67 Å². The molecule has 3 aromatic rings. The zero-order valence-electron chi connectivity index (χ0n) is 57.3. The van der Waals surface area contributed by atoms with Crippen LogP contribution < -0.4 is 28.1 Å². The average molecular weight is 1460 g/mol. The summed E-state index contributed by atoms with van der Waals surface area (Å²) < 4.78 is 59.9. The number of aliphatic hydroxyl groups is 1. The van der Waals surface area contributed by atoms with Crippen molar-refractivity contribution in [2.45, 2.75) is 248 Å². The monoisotopic (exact) mass is 1460 g/mol. The fourth-order valence-electron chi connectivity index (χ4n) is 10.7. The zero-order valence-corrected chi connectivity index (χ0v) is 66.6. The predicted octanol–water partition coefficient (Wildman–Crippen LogP) is 17.0. The molecule has 0 saturated heterocycles. The van der Waals surface area contributed by atoms with Crippen LogP contribution in [-0.4, -0.2) is 123 Å². The van der Waals surface area contributed by atoms with E-state index in [2.05, 4.69) is 179 Å². The number of hydrogen-bond acceptors (Lipinski definition) is 10. The van der Waals surface area contributed by atoms with Crippen LogP contribution >= 0.6 is 23.9 Å². The number of ether oxygens (including phenoxy) is 6. The molecule has 3 fully saturated rings. The van der Waals surface area contributed by atoms with Crippen molar-refractivity contribution in [3.05, 3.63) is 72.8 Å². The molecule has 84 heavy (non-hydrogen) atoms. The molecule has 6 rings (SSSR count). The third-order valence-corrected chi connectivity index (χ3v) is 41.7. The molecule has 482 valence electrons. The first kappa shape index (κ1) is 77.5. The van der Waals surface area contributed by atoms with Crippen molar-refractivity contribution in [3.63, 3.8) is 0 Å². The standard InChI is InChI=1S/C23H41O2PSi.C22H37O6P.C12H20PSi.C11H22O2.Bi.2H/c1-22(2,3)17-13-14-20(21(15-17)24-7)25-18-11-10-12-19(16-18)26-27(8,9)23(4,5)6;1-7-26-29(23,27-8-2)16-25-18-10-9-11-19(15-18)28-20-13-12-17(22(3,4)5)14-21(20)24-6;1-12(2,3)14(4,5)13-11-9-7-6-8-10-11;1-11(2,3)8-5-6-9(12)10(7-8)13-4;;;/h10-12,16-17,20-21,26H,13-15H2,1-9H3;9-11,15,17,20-21H,7-8,12-14,16H2,1-6H3;6-7,9-10,13H,1-5H3;8-10,12H,5-7H2,1-4H3;;;/t2*17?,20-,21-;;8?,9-,10-;;;/m11.1.../s1. The second-order valence-electron chi connectivity index (χ2n) is 30.2. The molecule has 3 aliphatic rings. The van der Waals surface area contributed by atoms with Gasteiger partial charge in [0.25, 0.3) is 0 Å². The Morgan fingerprint density at radius 1 is 0.512 bits per heavy atom. The average Bonchev–Trinajstić information content (AvgIpc) is 3.56. The van der Waals surface area contributed by atoms with Crippen molar-refractivity contribution in [3.8, 4) is 17.2 Å². The molecule has 16 heteroatoms. The van der Waals surface area contributed by atoms with Crippen LogP contribution in [0.5, 0.6) is 17.2 Å². The number of methoxy groups -OCH3 is 3. The number of hydrogen-bond donors (Lipinski definition) is 1. The van der Waals surface area contributed by atoms with Gasteiger partial charge < -0.3 is 42.6 Å². The Balaban J connectivity index is 0.000000309. The van der Waals surface area contributed by atoms with Crippen LogP contribution in [0.25, 0.3) is 0 Å². The summed E-state index contributed by atoms with van der Waals surface area (Å²) in [5.41, 5.74) is 0.952. The van der Waals surface area contributed by atoms with Crippen LogP contribution in [0.1, 0.15) is 175 Å². The fraction of sp³-hybridized carbons (Fsp3) is 0.735. The van der Waals surface area contributed by atoms with E-state index in [1.165, 1.54) is 11.7 Å². The van der Waals surface area contributed by atoms with E-state index in [-0.39, 0.29) is 48.4 Å². The van der Waals surface area contributed by atoms with Crippen molar-refractivity contribution >= 4 is 77.9 Å². The number of rotatable bonds is 18. The van der Waals surface area contributed by atoms with Crippen LogP contribution in [0.2, 0.25) is 36.3 Å². The molecular formula is C68H122BiO10P3Si2. The maximum atomic E-state index is 12.6. The van der Waals surface area contributed by atoms with Gasteiger partial charge in [0.05, 0.1) is 45.4 Å². The summed E-state index contributed by atoms with van der Waals surface area (Å²) in [5, 5.41) is 13.6. The van der Waals surface area contributed by atoms with E-state index < -0.39 is 23.1 Å². The zero-order chi connectivity index (χ0) is 63.7. The Morgan fingerprint density at radius 3 is 1.27 bits per heavy atom. The summed E-state index contributed by atoms with van der Waals surface area (Å²) in [7, 11) is 1.53. The van der Waals surface area contributed by atoms with E-state index >= 15 is 0 Å². The molecule has 0 aromatic heterocycles. The van der Waals surface area contributed by atoms with Gasteiger partial charge in [-0.25, -0.2) is 0 Å². The first-order valence-corrected chi connectivity index (χ1v) is 45.4. The van der Waals surface area contributed by atoms with Crippen LogP contribution in [0.4, 0.5) is 0 Å². The van der Waals surface area contributed by atoms with Gasteiger partial charge in [-0.15, -0.1) is 8.13 Å². The van der Waals surface area contributed by atoms with E-state index in [0.29, 0.717) is 63.4 Å². The van der Waals surface area contributed by atoms with Crippen LogP contribution in [-0.2, 0) is 27.8 Å². The maximum absolute atomic E-state index is 12.6. The van der Waals surface area contributed by atoms with Gasteiger partial charge in [-0.3, -0.25) is 4.57 Å². The Morgan fingerprint density at radius 2 is 0.881 bits per heavy atom. The molecule has 3 aliphatic carbocycles. The van der Waals surface area contributed by atoms with Crippen molar-refractivity contribution in [2.75, 3.05) is 40.9 Å². The van der Waals surface area contributed by atoms with E-state index in [1.54, 1.807) is 42.7 Å². The minimum atomic E-state index is -3.26. The van der Waals surface area contributed by atoms with Crippen molar-refractivity contribution < 1.29 is 47.1 Å². The smallest absolute Gasteiger partial charge is 0.367 e. The summed E-state index contributed by atoms with van der Waals surface area (Å²) >= 11 is 0.971. The topological polar surface area (TPSA) is 111 Å². The van der Waals surface area contributed by atoms with E-state index in [4.69, 9.17) is 37.5 Å². The molecule has 3 aromatic carbocycles. The summed E-state index contributed by atoms with van der Waals surface area (Å²) in [6.07, 6.45) is 9.58. The van der Waals surface area contributed by atoms with Crippen LogP contribution in [0.3, 0.4) is 0 Å². The van der Waals surface area contributed by atoms with E-state index in [1.807, 2.05) is 25.3 Å². The van der Waals surface area contributed by atoms with Gasteiger partial charge in [0.15, 0.2) is 6.35 Å². The number of benzene rings is 3.